The highest BCUT2D eigenvalue weighted by atomic mass is 16.5. The number of carbonyl (C=O) groups is 2. The van der Waals surface area contributed by atoms with E-state index in [0.29, 0.717) is 55.1 Å². The van der Waals surface area contributed by atoms with Gasteiger partial charge in [-0.15, -0.1) is 0 Å². The molecule has 0 spiro atoms. The average Bonchev–Trinajstić information content (AvgIpc) is 2.83. The van der Waals surface area contributed by atoms with Gasteiger partial charge in [0, 0.05) is 63.7 Å². The molecule has 2 heterocycles. The summed E-state index contributed by atoms with van der Waals surface area (Å²) >= 11 is 0. The van der Waals surface area contributed by atoms with Gasteiger partial charge in [-0.3, -0.25) is 4.79 Å². The number of aromatic nitrogens is 2. The first-order valence-electron chi connectivity index (χ1n) is 10.2. The van der Waals surface area contributed by atoms with Gasteiger partial charge in [0.15, 0.2) is 11.5 Å². The number of hydrogen-bond acceptors (Lipinski definition) is 8. The summed E-state index contributed by atoms with van der Waals surface area (Å²) in [5, 5.41) is 5.41. The van der Waals surface area contributed by atoms with Crippen LogP contribution in [-0.2, 0) is 4.79 Å². The summed E-state index contributed by atoms with van der Waals surface area (Å²) in [7, 11) is 4.51. The van der Waals surface area contributed by atoms with Crippen LogP contribution in [0.2, 0.25) is 0 Å². The highest BCUT2D eigenvalue weighted by molar-refractivity contribution is 5.90. The predicted molar refractivity (Wildman–Crippen MR) is 119 cm³/mol. The van der Waals surface area contributed by atoms with Crippen LogP contribution in [0.25, 0.3) is 0 Å². The smallest absolute Gasteiger partial charge is 0.319 e. The molecule has 32 heavy (non-hydrogen) atoms. The molecular formula is C21H28N6O5. The summed E-state index contributed by atoms with van der Waals surface area (Å²) < 4.78 is 15.8. The van der Waals surface area contributed by atoms with Crippen molar-refractivity contribution in [1.82, 2.24) is 20.2 Å². The molecule has 1 fully saturated rings. The quantitative estimate of drug-likeness (QED) is 0.627. The Kier molecular flexibility index (Phi) is 7.90. The highest BCUT2D eigenvalue weighted by Crippen LogP contribution is 2.39. The number of urea groups is 1. The van der Waals surface area contributed by atoms with Crippen LogP contribution in [0.1, 0.15) is 6.42 Å². The normalized spacial score (nSPS) is 13.3. The van der Waals surface area contributed by atoms with E-state index < -0.39 is 6.03 Å². The summed E-state index contributed by atoms with van der Waals surface area (Å²) in [5.74, 6) is 1.96. The van der Waals surface area contributed by atoms with Crippen molar-refractivity contribution in [2.24, 2.45) is 0 Å². The zero-order valence-electron chi connectivity index (χ0n) is 18.5. The maximum atomic E-state index is 12.5. The van der Waals surface area contributed by atoms with Gasteiger partial charge in [-0.05, 0) is 6.07 Å². The molecular weight excluding hydrogens is 416 g/mol. The van der Waals surface area contributed by atoms with Crippen molar-refractivity contribution in [1.29, 1.82) is 0 Å². The minimum Gasteiger partial charge on any atom is -0.493 e. The molecule has 1 aliphatic rings. The Morgan fingerprint density at radius 3 is 2.16 bits per heavy atom. The zero-order valence-corrected chi connectivity index (χ0v) is 18.5. The van der Waals surface area contributed by atoms with E-state index in [1.807, 2.05) is 4.90 Å². The number of ether oxygens (including phenoxy) is 3. The Morgan fingerprint density at radius 1 is 0.969 bits per heavy atom. The van der Waals surface area contributed by atoms with E-state index in [1.54, 1.807) is 35.5 Å². The van der Waals surface area contributed by atoms with Crippen LogP contribution in [0.4, 0.5) is 16.4 Å². The number of carbonyl (C=O) groups excluding carboxylic acids is 2. The fourth-order valence-electron chi connectivity index (χ4n) is 3.38. The lowest BCUT2D eigenvalue weighted by Gasteiger charge is -2.34. The van der Waals surface area contributed by atoms with Crippen molar-refractivity contribution in [2.75, 3.05) is 64.3 Å². The Labute approximate surface area is 186 Å². The summed E-state index contributed by atoms with van der Waals surface area (Å²) in [6.07, 6.45) is 3.62. The van der Waals surface area contributed by atoms with Crippen molar-refractivity contribution in [3.8, 4) is 17.2 Å². The van der Waals surface area contributed by atoms with Gasteiger partial charge in [0.05, 0.1) is 27.0 Å². The van der Waals surface area contributed by atoms with Crippen LogP contribution in [0.3, 0.4) is 0 Å². The first-order chi connectivity index (χ1) is 15.5. The zero-order chi connectivity index (χ0) is 22.9. The molecule has 0 atom stereocenters. The molecule has 1 aromatic carbocycles. The van der Waals surface area contributed by atoms with Crippen molar-refractivity contribution >= 4 is 23.6 Å². The molecule has 3 amide bonds. The van der Waals surface area contributed by atoms with Crippen molar-refractivity contribution in [3.05, 3.63) is 30.6 Å². The second kappa shape index (κ2) is 11.0. The van der Waals surface area contributed by atoms with E-state index in [4.69, 9.17) is 14.2 Å². The SMILES string of the molecule is COc1cc(NC(=O)NCCC(=O)N2CCN(c3ncccn3)CC2)cc(OC)c1OC. The van der Waals surface area contributed by atoms with Crippen LogP contribution in [0.5, 0.6) is 17.2 Å². The highest BCUT2D eigenvalue weighted by Gasteiger charge is 2.22. The number of benzene rings is 1. The second-order valence-corrected chi connectivity index (χ2v) is 6.96. The standard InChI is InChI=1S/C21H28N6O5/c1-30-16-13-15(14-17(31-2)19(16)32-3)25-21(29)24-8-5-18(28)26-9-11-27(12-10-26)20-22-6-4-7-23-20/h4,6-7,13-14H,5,8-12H2,1-3H3,(H2,24,25,29). The fourth-order valence-corrected chi connectivity index (χ4v) is 3.38. The number of piperazine rings is 1. The number of nitrogens with zero attached hydrogens (tertiary/aromatic N) is 4. The van der Waals surface area contributed by atoms with Crippen LogP contribution in [-0.4, -0.2) is 80.9 Å². The monoisotopic (exact) mass is 444 g/mol. The predicted octanol–water partition coefficient (Wildman–Crippen LogP) is 1.36. The van der Waals surface area contributed by atoms with E-state index in [9.17, 15) is 9.59 Å². The molecule has 1 aromatic heterocycles. The van der Waals surface area contributed by atoms with Gasteiger partial charge in [-0.1, -0.05) is 0 Å². The third-order valence-corrected chi connectivity index (χ3v) is 5.01. The number of amides is 3. The van der Waals surface area contributed by atoms with Crippen LogP contribution in [0, 0.1) is 0 Å². The van der Waals surface area contributed by atoms with Gasteiger partial charge in [0.25, 0.3) is 0 Å². The minimum atomic E-state index is -0.432. The lowest BCUT2D eigenvalue weighted by Crippen LogP contribution is -2.49. The largest absolute Gasteiger partial charge is 0.493 e. The van der Waals surface area contributed by atoms with Crippen molar-refractivity contribution in [2.45, 2.75) is 6.42 Å². The summed E-state index contributed by atoms with van der Waals surface area (Å²) in [5.41, 5.74) is 0.475. The van der Waals surface area contributed by atoms with Gasteiger partial charge >= 0.3 is 6.03 Å². The molecule has 2 aromatic rings. The summed E-state index contributed by atoms with van der Waals surface area (Å²) in [6.45, 7) is 2.75. The fraction of sp³-hybridized carbons (Fsp3) is 0.429. The molecule has 11 nitrogen and oxygen atoms in total. The maximum Gasteiger partial charge on any atom is 0.319 e. The van der Waals surface area contributed by atoms with E-state index in [2.05, 4.69) is 20.6 Å². The molecule has 1 saturated heterocycles. The van der Waals surface area contributed by atoms with Gasteiger partial charge in [-0.2, -0.15) is 0 Å². The molecule has 11 heteroatoms. The molecule has 0 radical (unpaired) electrons. The van der Waals surface area contributed by atoms with Crippen LogP contribution >= 0.6 is 0 Å². The second-order valence-electron chi connectivity index (χ2n) is 6.96. The average molecular weight is 444 g/mol. The third kappa shape index (κ3) is 5.68. The lowest BCUT2D eigenvalue weighted by molar-refractivity contribution is -0.131. The molecule has 2 N–H and O–H groups in total. The number of hydrogen-bond donors (Lipinski definition) is 2. The molecule has 0 bridgehead atoms. The molecule has 1 aliphatic heterocycles. The molecule has 0 saturated carbocycles. The van der Waals surface area contributed by atoms with E-state index in [-0.39, 0.29) is 18.9 Å². The molecule has 172 valence electrons. The number of methoxy groups -OCH3 is 3. The molecule has 3 rings (SSSR count). The summed E-state index contributed by atoms with van der Waals surface area (Å²) in [4.78, 5) is 37.0. The van der Waals surface area contributed by atoms with E-state index in [0.717, 1.165) is 0 Å². The van der Waals surface area contributed by atoms with Crippen molar-refractivity contribution < 1.29 is 23.8 Å². The molecule has 0 unspecified atom stereocenters. The molecule has 0 aliphatic carbocycles. The Bertz CT molecular complexity index is 893. The maximum absolute atomic E-state index is 12.5. The van der Waals surface area contributed by atoms with Crippen LogP contribution in [0.15, 0.2) is 30.6 Å². The lowest BCUT2D eigenvalue weighted by atomic mass is 10.2. The first-order valence-corrected chi connectivity index (χ1v) is 10.2. The Balaban J connectivity index is 1.44. The summed E-state index contributed by atoms with van der Waals surface area (Å²) in [6, 6.07) is 4.59. The minimum absolute atomic E-state index is 0.00767. The van der Waals surface area contributed by atoms with Crippen LogP contribution < -0.4 is 29.7 Å². The van der Waals surface area contributed by atoms with Gasteiger partial charge in [0.2, 0.25) is 17.6 Å². The Morgan fingerprint density at radius 2 is 1.59 bits per heavy atom. The third-order valence-electron chi connectivity index (χ3n) is 5.01. The topological polar surface area (TPSA) is 118 Å². The number of anilines is 2. The number of rotatable bonds is 8. The van der Waals surface area contributed by atoms with E-state index in [1.165, 1.54) is 21.3 Å². The van der Waals surface area contributed by atoms with Gasteiger partial charge in [-0.25, -0.2) is 14.8 Å². The first kappa shape index (κ1) is 22.9. The van der Waals surface area contributed by atoms with E-state index >= 15 is 0 Å². The number of nitrogens with one attached hydrogen (secondary N) is 2. The van der Waals surface area contributed by atoms with Crippen molar-refractivity contribution in [3.63, 3.8) is 0 Å². The van der Waals surface area contributed by atoms with Gasteiger partial charge in [0.1, 0.15) is 0 Å². The van der Waals surface area contributed by atoms with Gasteiger partial charge < -0.3 is 34.6 Å². The Hall–Kier alpha value is -3.76.